The molecule has 0 saturated carbocycles. The van der Waals surface area contributed by atoms with Gasteiger partial charge in [-0.1, -0.05) is 12.1 Å². The van der Waals surface area contributed by atoms with Crippen molar-refractivity contribution in [3.8, 4) is 0 Å². The third-order valence-electron chi connectivity index (χ3n) is 2.88. The van der Waals surface area contributed by atoms with Crippen LogP contribution in [-0.4, -0.2) is 41.3 Å². The minimum Gasteiger partial charge on any atom is -0.383 e. The summed E-state index contributed by atoms with van der Waals surface area (Å²) < 4.78 is 31.7. The number of methoxy groups -OCH3 is 1. The maximum Gasteiger partial charge on any atom is 0.240 e. The van der Waals surface area contributed by atoms with Crippen molar-refractivity contribution in [2.75, 3.05) is 20.8 Å². The van der Waals surface area contributed by atoms with Gasteiger partial charge < -0.3 is 10.1 Å². The van der Waals surface area contributed by atoms with Crippen molar-refractivity contribution in [2.45, 2.75) is 37.2 Å². The van der Waals surface area contributed by atoms with Crippen LogP contribution in [0.15, 0.2) is 29.2 Å². The van der Waals surface area contributed by atoms with Crippen LogP contribution in [0.1, 0.15) is 19.4 Å². The van der Waals surface area contributed by atoms with E-state index in [0.29, 0.717) is 11.5 Å². The van der Waals surface area contributed by atoms with E-state index in [2.05, 4.69) is 10.0 Å². The summed E-state index contributed by atoms with van der Waals surface area (Å²) in [6.07, 6.45) is 0.794. The van der Waals surface area contributed by atoms with E-state index >= 15 is 0 Å². The molecule has 1 atom stereocenters. The van der Waals surface area contributed by atoms with Gasteiger partial charge in [0.1, 0.15) is 0 Å². The highest BCUT2D eigenvalue weighted by Gasteiger charge is 2.15. The number of hydrogen-bond donors (Lipinski definition) is 2. The molecule has 114 valence electrons. The Morgan fingerprint density at radius 3 is 2.25 bits per heavy atom. The van der Waals surface area contributed by atoms with Crippen LogP contribution in [0.4, 0.5) is 0 Å². The zero-order valence-corrected chi connectivity index (χ0v) is 13.3. The second kappa shape index (κ2) is 7.73. The van der Waals surface area contributed by atoms with Gasteiger partial charge in [-0.3, -0.25) is 0 Å². The monoisotopic (exact) mass is 300 g/mol. The molecule has 0 aliphatic rings. The summed E-state index contributed by atoms with van der Waals surface area (Å²) >= 11 is 0. The van der Waals surface area contributed by atoms with E-state index in [1.807, 2.05) is 19.2 Å². The summed E-state index contributed by atoms with van der Waals surface area (Å²) in [7, 11) is 0.137. The van der Waals surface area contributed by atoms with Crippen LogP contribution in [0.25, 0.3) is 0 Å². The number of hydrogen-bond acceptors (Lipinski definition) is 4. The molecular formula is C14H24N2O3S. The highest BCUT2D eigenvalue weighted by Crippen LogP contribution is 2.12. The lowest BCUT2D eigenvalue weighted by atomic mass is 10.1. The van der Waals surface area contributed by atoms with Crippen LogP contribution in [0.3, 0.4) is 0 Å². The zero-order valence-electron chi connectivity index (χ0n) is 12.5. The van der Waals surface area contributed by atoms with Crippen LogP contribution in [0, 0.1) is 0 Å². The molecule has 0 bridgehead atoms. The average Bonchev–Trinajstić information content (AvgIpc) is 2.37. The number of rotatable bonds is 8. The molecule has 0 fully saturated rings. The lowest BCUT2D eigenvalue weighted by Gasteiger charge is -2.15. The first-order valence-electron chi connectivity index (χ1n) is 6.66. The van der Waals surface area contributed by atoms with Gasteiger partial charge in [-0.2, -0.15) is 0 Å². The van der Waals surface area contributed by atoms with Gasteiger partial charge in [-0.25, -0.2) is 13.1 Å². The first-order valence-corrected chi connectivity index (χ1v) is 8.15. The number of ether oxygens (including phenoxy) is 1. The van der Waals surface area contributed by atoms with Gasteiger partial charge >= 0.3 is 0 Å². The van der Waals surface area contributed by atoms with Crippen LogP contribution in [-0.2, 0) is 21.2 Å². The Kier molecular flexibility index (Phi) is 6.61. The third-order valence-corrected chi connectivity index (χ3v) is 4.56. The van der Waals surface area contributed by atoms with Gasteiger partial charge in [0.25, 0.3) is 0 Å². The van der Waals surface area contributed by atoms with E-state index in [1.165, 1.54) is 0 Å². The fraction of sp³-hybridized carbons (Fsp3) is 0.571. The normalized spacial score (nSPS) is 13.7. The highest BCUT2D eigenvalue weighted by molar-refractivity contribution is 7.89. The molecule has 6 heteroatoms. The van der Waals surface area contributed by atoms with Gasteiger partial charge in [0, 0.05) is 19.2 Å². The minimum absolute atomic E-state index is 0.116. The molecule has 5 nitrogen and oxygen atoms in total. The van der Waals surface area contributed by atoms with Crippen molar-refractivity contribution in [3.63, 3.8) is 0 Å². The highest BCUT2D eigenvalue weighted by atomic mass is 32.2. The summed E-state index contributed by atoms with van der Waals surface area (Å²) in [6, 6.07) is 7.06. The summed E-state index contributed by atoms with van der Waals surface area (Å²) in [6.45, 7) is 4.22. The molecule has 0 aromatic heterocycles. The van der Waals surface area contributed by atoms with Crippen LogP contribution in [0.5, 0.6) is 0 Å². The molecule has 2 N–H and O–H groups in total. The molecule has 0 amide bonds. The van der Waals surface area contributed by atoms with Gasteiger partial charge in [0.2, 0.25) is 10.0 Å². The SMILES string of the molecule is CNC(COC)Cc1ccc(S(=O)(=O)NC(C)C)cc1. The molecule has 0 heterocycles. The van der Waals surface area contributed by atoms with Crippen LogP contribution in [0.2, 0.25) is 0 Å². The predicted molar refractivity (Wildman–Crippen MR) is 80.3 cm³/mol. The first kappa shape index (κ1) is 17.1. The smallest absolute Gasteiger partial charge is 0.240 e. The summed E-state index contributed by atoms with van der Waals surface area (Å²) in [5, 5.41) is 3.17. The van der Waals surface area contributed by atoms with Crippen molar-refractivity contribution >= 4 is 10.0 Å². The summed E-state index contributed by atoms with van der Waals surface area (Å²) in [5.74, 6) is 0. The maximum absolute atomic E-state index is 12.0. The molecule has 1 aromatic carbocycles. The van der Waals surface area contributed by atoms with Gasteiger partial charge in [0.05, 0.1) is 11.5 Å². The molecule has 1 rings (SSSR count). The average molecular weight is 300 g/mol. The summed E-state index contributed by atoms with van der Waals surface area (Å²) in [4.78, 5) is 0.294. The lowest BCUT2D eigenvalue weighted by Crippen LogP contribution is -2.32. The Hall–Kier alpha value is -0.950. The van der Waals surface area contributed by atoms with E-state index in [-0.39, 0.29) is 12.1 Å². The molecule has 0 spiro atoms. The molecule has 0 aliphatic carbocycles. The quantitative estimate of drug-likeness (QED) is 0.756. The van der Waals surface area contributed by atoms with Gasteiger partial charge in [-0.15, -0.1) is 0 Å². The first-order chi connectivity index (χ1) is 9.39. The predicted octanol–water partition coefficient (Wildman–Crippen LogP) is 1.15. The molecule has 1 aromatic rings. The van der Waals surface area contributed by atoms with E-state index in [4.69, 9.17) is 4.74 Å². The third kappa shape index (κ3) is 5.20. The largest absolute Gasteiger partial charge is 0.383 e. The zero-order chi connectivity index (χ0) is 15.2. The lowest BCUT2D eigenvalue weighted by molar-refractivity contribution is 0.169. The Morgan fingerprint density at radius 1 is 1.20 bits per heavy atom. The van der Waals surface area contributed by atoms with Crippen LogP contribution < -0.4 is 10.0 Å². The number of nitrogens with one attached hydrogen (secondary N) is 2. The summed E-state index contributed by atoms with van der Waals surface area (Å²) in [5.41, 5.74) is 1.07. The van der Waals surface area contributed by atoms with E-state index < -0.39 is 10.0 Å². The Balaban J connectivity index is 2.78. The number of benzene rings is 1. The Bertz CT molecular complexity index is 498. The van der Waals surface area contributed by atoms with Crippen molar-refractivity contribution in [3.05, 3.63) is 29.8 Å². The van der Waals surface area contributed by atoms with E-state index in [9.17, 15) is 8.42 Å². The van der Waals surface area contributed by atoms with E-state index in [1.54, 1.807) is 33.1 Å². The second-order valence-corrected chi connectivity index (χ2v) is 6.78. The Morgan fingerprint density at radius 2 is 1.80 bits per heavy atom. The number of sulfonamides is 1. The number of likely N-dealkylation sites (N-methyl/N-ethyl adjacent to an activating group) is 1. The molecule has 1 unspecified atom stereocenters. The van der Waals surface area contributed by atoms with Crippen LogP contribution >= 0.6 is 0 Å². The molecule has 0 saturated heterocycles. The molecular weight excluding hydrogens is 276 g/mol. The maximum atomic E-state index is 12.0. The standard InChI is InChI=1S/C14H24N2O3S/c1-11(2)16-20(17,18)14-7-5-12(6-8-14)9-13(15-3)10-19-4/h5-8,11,13,15-16H,9-10H2,1-4H3. The molecule has 0 aliphatic heterocycles. The second-order valence-electron chi connectivity index (χ2n) is 5.07. The fourth-order valence-corrected chi connectivity index (χ4v) is 3.16. The Labute approximate surface area is 121 Å². The van der Waals surface area contributed by atoms with Gasteiger partial charge in [0.15, 0.2) is 0 Å². The molecule has 0 radical (unpaired) electrons. The van der Waals surface area contributed by atoms with Crippen molar-refractivity contribution < 1.29 is 13.2 Å². The topological polar surface area (TPSA) is 67.4 Å². The fourth-order valence-electron chi connectivity index (χ4n) is 1.91. The van der Waals surface area contributed by atoms with Gasteiger partial charge in [-0.05, 0) is 45.0 Å². The van der Waals surface area contributed by atoms with Crippen molar-refractivity contribution in [1.29, 1.82) is 0 Å². The van der Waals surface area contributed by atoms with Crippen molar-refractivity contribution in [2.24, 2.45) is 0 Å². The van der Waals surface area contributed by atoms with Crippen molar-refractivity contribution in [1.82, 2.24) is 10.0 Å². The molecule has 20 heavy (non-hydrogen) atoms. The minimum atomic E-state index is -3.41. The van der Waals surface area contributed by atoms with E-state index in [0.717, 1.165) is 12.0 Å².